The summed E-state index contributed by atoms with van der Waals surface area (Å²) in [5.74, 6) is 0.209. The molecule has 3 fully saturated rings. The SMILES string of the molecule is Cc1[nH]ccc1C(=O)N1C[C@H]2C[C@@H](C1)[C@H](C(=O)NCCc1ccccc1)N1C(=O)CCC[C@@H]21. The lowest BCUT2D eigenvalue weighted by Crippen LogP contribution is -2.68. The zero-order valence-electron chi connectivity index (χ0n) is 19.1. The third-order valence-corrected chi connectivity index (χ3v) is 7.64. The van der Waals surface area contributed by atoms with Gasteiger partial charge in [-0.05, 0) is 50.2 Å². The first-order valence-electron chi connectivity index (χ1n) is 12.1. The van der Waals surface area contributed by atoms with Crippen LogP contribution >= 0.6 is 0 Å². The summed E-state index contributed by atoms with van der Waals surface area (Å²) in [6.45, 7) is 3.60. The number of aryl methyl sites for hydroxylation is 1. The molecule has 4 atom stereocenters. The van der Waals surface area contributed by atoms with Gasteiger partial charge < -0.3 is 20.1 Å². The van der Waals surface area contributed by atoms with E-state index in [-0.39, 0.29) is 35.6 Å². The maximum atomic E-state index is 13.4. The van der Waals surface area contributed by atoms with E-state index < -0.39 is 6.04 Å². The van der Waals surface area contributed by atoms with E-state index in [0.717, 1.165) is 31.4 Å². The highest BCUT2D eigenvalue weighted by Gasteiger charge is 2.52. The highest BCUT2D eigenvalue weighted by Crippen LogP contribution is 2.42. The van der Waals surface area contributed by atoms with Crippen molar-refractivity contribution in [2.75, 3.05) is 19.6 Å². The minimum atomic E-state index is -0.502. The van der Waals surface area contributed by atoms with Gasteiger partial charge >= 0.3 is 0 Å². The van der Waals surface area contributed by atoms with Gasteiger partial charge in [0.05, 0.1) is 5.56 Å². The number of H-pyrrole nitrogens is 1. The summed E-state index contributed by atoms with van der Waals surface area (Å²) in [7, 11) is 0. The number of amides is 3. The van der Waals surface area contributed by atoms with Crippen LogP contribution in [0.2, 0.25) is 0 Å². The van der Waals surface area contributed by atoms with Gasteiger partial charge in [0, 0.05) is 49.9 Å². The van der Waals surface area contributed by atoms with E-state index in [0.29, 0.717) is 31.6 Å². The van der Waals surface area contributed by atoms with Gasteiger partial charge in [-0.3, -0.25) is 14.4 Å². The summed E-state index contributed by atoms with van der Waals surface area (Å²) in [5.41, 5.74) is 2.72. The Kier molecular flexibility index (Phi) is 5.96. The summed E-state index contributed by atoms with van der Waals surface area (Å²) in [5, 5.41) is 3.10. The van der Waals surface area contributed by atoms with E-state index >= 15 is 0 Å². The number of piperidine rings is 3. The molecule has 2 N–H and O–H groups in total. The van der Waals surface area contributed by atoms with E-state index in [1.165, 1.54) is 5.56 Å². The molecule has 0 aliphatic carbocycles. The van der Waals surface area contributed by atoms with E-state index in [2.05, 4.69) is 22.4 Å². The normalized spacial score (nSPS) is 26.6. The number of hydrogen-bond donors (Lipinski definition) is 2. The summed E-state index contributed by atoms with van der Waals surface area (Å²) in [6.07, 6.45) is 5.70. The summed E-state index contributed by atoms with van der Waals surface area (Å²) in [6, 6.07) is 11.4. The number of carbonyl (C=O) groups excluding carboxylic acids is 3. The van der Waals surface area contributed by atoms with Crippen molar-refractivity contribution in [1.82, 2.24) is 20.1 Å². The summed E-state index contributed by atoms with van der Waals surface area (Å²) in [4.78, 5) is 46.6. The number of rotatable bonds is 5. The van der Waals surface area contributed by atoms with Crippen LogP contribution in [0.15, 0.2) is 42.6 Å². The average molecular weight is 449 g/mol. The number of carbonyl (C=O) groups is 3. The number of likely N-dealkylation sites (tertiary alicyclic amines) is 1. The van der Waals surface area contributed by atoms with Gasteiger partial charge in [0.25, 0.3) is 5.91 Å². The number of aromatic nitrogens is 1. The summed E-state index contributed by atoms with van der Waals surface area (Å²) >= 11 is 0. The molecule has 4 heterocycles. The van der Waals surface area contributed by atoms with Crippen LogP contribution in [-0.4, -0.2) is 64.2 Å². The van der Waals surface area contributed by atoms with Gasteiger partial charge in [-0.2, -0.15) is 0 Å². The van der Waals surface area contributed by atoms with Crippen LogP contribution in [0.4, 0.5) is 0 Å². The van der Waals surface area contributed by atoms with Crippen molar-refractivity contribution in [2.45, 2.75) is 51.1 Å². The fourth-order valence-electron chi connectivity index (χ4n) is 6.09. The Morgan fingerprint density at radius 1 is 1.12 bits per heavy atom. The molecule has 3 aliphatic rings. The van der Waals surface area contributed by atoms with Crippen LogP contribution in [0, 0.1) is 18.8 Å². The minimum absolute atomic E-state index is 0.0160. The van der Waals surface area contributed by atoms with Crippen molar-refractivity contribution in [1.29, 1.82) is 0 Å². The second kappa shape index (κ2) is 9.04. The molecular weight excluding hydrogens is 416 g/mol. The number of hydrogen-bond acceptors (Lipinski definition) is 3. The van der Waals surface area contributed by atoms with Crippen LogP contribution in [-0.2, 0) is 16.0 Å². The molecule has 33 heavy (non-hydrogen) atoms. The Balaban J connectivity index is 1.35. The quantitative estimate of drug-likeness (QED) is 0.737. The zero-order valence-corrected chi connectivity index (χ0v) is 19.1. The second-order valence-corrected chi connectivity index (χ2v) is 9.71. The van der Waals surface area contributed by atoms with Crippen LogP contribution in [0.5, 0.6) is 0 Å². The number of nitrogens with zero attached hydrogens (tertiary/aromatic N) is 2. The largest absolute Gasteiger partial charge is 0.365 e. The number of aromatic amines is 1. The zero-order chi connectivity index (χ0) is 22.9. The fraction of sp³-hybridized carbons (Fsp3) is 0.500. The molecule has 1 aromatic carbocycles. The van der Waals surface area contributed by atoms with Gasteiger partial charge in [-0.15, -0.1) is 0 Å². The number of nitrogens with one attached hydrogen (secondary N) is 2. The van der Waals surface area contributed by atoms with Gasteiger partial charge in [0.15, 0.2) is 0 Å². The van der Waals surface area contributed by atoms with Gasteiger partial charge in [-0.25, -0.2) is 0 Å². The van der Waals surface area contributed by atoms with Crippen molar-refractivity contribution in [3.05, 3.63) is 59.4 Å². The Morgan fingerprint density at radius 2 is 1.91 bits per heavy atom. The number of fused-ring (bicyclic) bond motifs is 4. The molecule has 0 radical (unpaired) electrons. The first-order valence-corrected chi connectivity index (χ1v) is 12.1. The molecule has 5 rings (SSSR count). The smallest absolute Gasteiger partial charge is 0.255 e. The van der Waals surface area contributed by atoms with Gasteiger partial charge in [-0.1, -0.05) is 30.3 Å². The first-order chi connectivity index (χ1) is 16.0. The Morgan fingerprint density at radius 3 is 2.67 bits per heavy atom. The molecule has 0 saturated carbocycles. The van der Waals surface area contributed by atoms with Crippen molar-refractivity contribution in [3.63, 3.8) is 0 Å². The molecule has 7 nitrogen and oxygen atoms in total. The van der Waals surface area contributed by atoms with E-state index in [9.17, 15) is 14.4 Å². The lowest BCUT2D eigenvalue weighted by atomic mass is 9.71. The van der Waals surface area contributed by atoms with Crippen molar-refractivity contribution >= 4 is 17.7 Å². The highest BCUT2D eigenvalue weighted by molar-refractivity contribution is 5.95. The first kappa shape index (κ1) is 21.7. The molecule has 174 valence electrons. The topological polar surface area (TPSA) is 85.5 Å². The molecule has 0 unspecified atom stereocenters. The van der Waals surface area contributed by atoms with E-state index in [1.807, 2.05) is 41.0 Å². The second-order valence-electron chi connectivity index (χ2n) is 9.71. The fourth-order valence-corrected chi connectivity index (χ4v) is 6.09. The molecule has 2 aromatic rings. The average Bonchev–Trinajstić information content (AvgIpc) is 3.25. The third-order valence-electron chi connectivity index (χ3n) is 7.64. The van der Waals surface area contributed by atoms with Crippen molar-refractivity contribution in [3.8, 4) is 0 Å². The maximum Gasteiger partial charge on any atom is 0.255 e. The molecule has 3 aliphatic heterocycles. The van der Waals surface area contributed by atoms with Gasteiger partial charge in [0.1, 0.15) is 6.04 Å². The van der Waals surface area contributed by atoms with Crippen molar-refractivity contribution in [2.24, 2.45) is 11.8 Å². The molecular formula is C26H32N4O3. The predicted molar refractivity (Wildman–Crippen MR) is 124 cm³/mol. The molecule has 3 amide bonds. The van der Waals surface area contributed by atoms with Crippen LogP contribution in [0.1, 0.15) is 47.3 Å². The molecule has 0 spiro atoms. The molecule has 7 heteroatoms. The van der Waals surface area contributed by atoms with E-state index in [1.54, 1.807) is 6.20 Å². The monoisotopic (exact) mass is 448 g/mol. The lowest BCUT2D eigenvalue weighted by Gasteiger charge is -2.55. The Hall–Kier alpha value is -3.09. The highest BCUT2D eigenvalue weighted by atomic mass is 16.2. The Labute approximate surface area is 194 Å². The van der Waals surface area contributed by atoms with Gasteiger partial charge in [0.2, 0.25) is 11.8 Å². The standard InChI is InChI=1S/C26H32N4O3/c1-17-21(11-13-27-17)26(33)29-15-19-14-20(16-29)24(30-22(19)8-5-9-23(30)31)25(32)28-12-10-18-6-3-2-4-7-18/h2-4,6-7,11,13,19-20,22,24,27H,5,8-10,12,14-16H2,1H3,(H,28,32)/t19-,20+,22+,24-/m1/s1. The van der Waals surface area contributed by atoms with Crippen molar-refractivity contribution < 1.29 is 14.4 Å². The lowest BCUT2D eigenvalue weighted by molar-refractivity contribution is -0.159. The molecule has 1 aromatic heterocycles. The predicted octanol–water partition coefficient (Wildman–Crippen LogP) is 2.52. The maximum absolute atomic E-state index is 13.4. The number of benzene rings is 1. The molecule has 3 saturated heterocycles. The van der Waals surface area contributed by atoms with E-state index in [4.69, 9.17) is 0 Å². The minimum Gasteiger partial charge on any atom is -0.365 e. The third kappa shape index (κ3) is 4.16. The molecule has 2 bridgehead atoms. The summed E-state index contributed by atoms with van der Waals surface area (Å²) < 4.78 is 0. The van der Waals surface area contributed by atoms with Crippen LogP contribution in [0.25, 0.3) is 0 Å². The van der Waals surface area contributed by atoms with Crippen LogP contribution < -0.4 is 5.32 Å². The Bertz CT molecular complexity index is 1030. The van der Waals surface area contributed by atoms with Crippen LogP contribution in [0.3, 0.4) is 0 Å².